The number of likely N-dealkylation sites (tertiary alicyclic amines) is 1. The minimum Gasteiger partial charge on any atom is -0.327 e. The summed E-state index contributed by atoms with van der Waals surface area (Å²) in [5.74, 6) is 0. The van der Waals surface area contributed by atoms with E-state index in [0.717, 1.165) is 19.5 Å². The maximum absolute atomic E-state index is 5.95. The summed E-state index contributed by atoms with van der Waals surface area (Å²) in [4.78, 5) is 7.00. The number of hydrogen-bond donors (Lipinski definition) is 1. The lowest BCUT2D eigenvalue weighted by Gasteiger charge is -2.29. The minimum atomic E-state index is 0. The van der Waals surface area contributed by atoms with E-state index in [1.54, 1.807) is 11.3 Å². The van der Waals surface area contributed by atoms with Crippen molar-refractivity contribution in [2.75, 3.05) is 13.1 Å². The Kier molecular flexibility index (Phi) is 5.69. The van der Waals surface area contributed by atoms with Gasteiger partial charge in [0.1, 0.15) is 0 Å². The van der Waals surface area contributed by atoms with Crippen LogP contribution in [0.4, 0.5) is 0 Å². The Hall–Kier alpha value is -0.160. The topological polar surface area (TPSA) is 42.2 Å². The van der Waals surface area contributed by atoms with E-state index in [0.29, 0.717) is 6.04 Å². The predicted octanol–water partition coefficient (Wildman–Crippen LogP) is 2.05. The quantitative estimate of drug-likeness (QED) is 0.906. The summed E-state index contributed by atoms with van der Waals surface area (Å²) in [6, 6.07) is 0.364. The van der Waals surface area contributed by atoms with Crippen LogP contribution in [0.1, 0.15) is 30.5 Å². The van der Waals surface area contributed by atoms with Crippen LogP contribution in [-0.2, 0) is 13.0 Å². The molecule has 1 saturated heterocycles. The van der Waals surface area contributed by atoms with Crippen molar-refractivity contribution in [1.29, 1.82) is 0 Å². The molecule has 1 aromatic rings. The minimum absolute atomic E-state index is 0. The summed E-state index contributed by atoms with van der Waals surface area (Å²) in [6.07, 6.45) is 3.45. The molecule has 0 spiro atoms. The summed E-state index contributed by atoms with van der Waals surface area (Å²) in [5, 5.41) is 3.42. The second kappa shape index (κ2) is 6.55. The standard InChI is InChI=1S/C11H19N3S.ClH/c1-2-11-13-10(8-15-11)7-14-5-3-4-9(12)6-14;/h8-9H,2-7,12H2,1H3;1H. The molecule has 1 aliphatic heterocycles. The van der Waals surface area contributed by atoms with Gasteiger partial charge >= 0.3 is 0 Å². The van der Waals surface area contributed by atoms with Gasteiger partial charge in [-0.15, -0.1) is 23.7 Å². The number of nitrogens with two attached hydrogens (primary N) is 1. The van der Waals surface area contributed by atoms with E-state index in [9.17, 15) is 0 Å². The van der Waals surface area contributed by atoms with Crippen LogP contribution in [0, 0.1) is 0 Å². The molecule has 0 saturated carbocycles. The first-order chi connectivity index (χ1) is 7.28. The Morgan fingerprint density at radius 1 is 1.62 bits per heavy atom. The first kappa shape index (κ1) is 13.9. The normalized spacial score (nSPS) is 21.8. The van der Waals surface area contributed by atoms with E-state index in [4.69, 9.17) is 5.73 Å². The molecule has 1 atom stereocenters. The molecule has 2 N–H and O–H groups in total. The molecule has 92 valence electrons. The fraction of sp³-hybridized carbons (Fsp3) is 0.727. The van der Waals surface area contributed by atoms with E-state index in [-0.39, 0.29) is 12.4 Å². The van der Waals surface area contributed by atoms with Crippen molar-refractivity contribution in [2.45, 2.75) is 38.8 Å². The van der Waals surface area contributed by atoms with Crippen LogP contribution in [0.2, 0.25) is 0 Å². The Morgan fingerprint density at radius 2 is 2.44 bits per heavy atom. The zero-order chi connectivity index (χ0) is 10.7. The fourth-order valence-electron chi connectivity index (χ4n) is 2.05. The van der Waals surface area contributed by atoms with Gasteiger partial charge < -0.3 is 5.73 Å². The summed E-state index contributed by atoms with van der Waals surface area (Å²) in [5.41, 5.74) is 7.16. The van der Waals surface area contributed by atoms with Crippen molar-refractivity contribution in [1.82, 2.24) is 9.88 Å². The third kappa shape index (κ3) is 3.70. The van der Waals surface area contributed by atoms with Crippen LogP contribution in [0.15, 0.2) is 5.38 Å². The van der Waals surface area contributed by atoms with Crippen LogP contribution in [0.3, 0.4) is 0 Å². The molecular weight excluding hydrogens is 242 g/mol. The predicted molar refractivity (Wildman–Crippen MR) is 71.2 cm³/mol. The SMILES string of the molecule is CCc1nc(CN2CCCC(N)C2)cs1.Cl. The zero-order valence-electron chi connectivity index (χ0n) is 9.69. The van der Waals surface area contributed by atoms with Gasteiger partial charge in [-0.1, -0.05) is 6.92 Å². The van der Waals surface area contributed by atoms with Gasteiger partial charge in [-0.25, -0.2) is 4.98 Å². The van der Waals surface area contributed by atoms with Gasteiger partial charge in [0.15, 0.2) is 0 Å². The van der Waals surface area contributed by atoms with Gasteiger partial charge in [-0.3, -0.25) is 4.90 Å². The van der Waals surface area contributed by atoms with Crippen molar-refractivity contribution in [2.24, 2.45) is 5.73 Å². The summed E-state index contributed by atoms with van der Waals surface area (Å²) in [6.45, 7) is 5.33. The Labute approximate surface area is 107 Å². The van der Waals surface area contributed by atoms with Crippen LogP contribution >= 0.6 is 23.7 Å². The van der Waals surface area contributed by atoms with Gasteiger partial charge in [0.25, 0.3) is 0 Å². The average molecular weight is 262 g/mol. The molecule has 1 aliphatic rings. The molecule has 1 fully saturated rings. The Balaban J connectivity index is 0.00000128. The van der Waals surface area contributed by atoms with E-state index in [2.05, 4.69) is 22.2 Å². The molecule has 2 rings (SSSR count). The van der Waals surface area contributed by atoms with Crippen molar-refractivity contribution in [3.8, 4) is 0 Å². The lowest BCUT2D eigenvalue weighted by atomic mass is 10.1. The second-order valence-electron chi connectivity index (χ2n) is 4.22. The smallest absolute Gasteiger partial charge is 0.0926 e. The maximum atomic E-state index is 5.95. The zero-order valence-corrected chi connectivity index (χ0v) is 11.3. The molecule has 3 nitrogen and oxygen atoms in total. The molecular formula is C11H20ClN3S. The van der Waals surface area contributed by atoms with Crippen LogP contribution in [-0.4, -0.2) is 29.0 Å². The molecule has 1 unspecified atom stereocenters. The number of aryl methyl sites for hydroxylation is 1. The molecule has 0 aromatic carbocycles. The first-order valence-corrected chi connectivity index (χ1v) is 6.57. The van der Waals surface area contributed by atoms with Crippen LogP contribution < -0.4 is 5.73 Å². The van der Waals surface area contributed by atoms with Crippen LogP contribution in [0.25, 0.3) is 0 Å². The van der Waals surface area contributed by atoms with Gasteiger partial charge in [0.2, 0.25) is 0 Å². The Bertz CT molecular complexity index is 316. The van der Waals surface area contributed by atoms with Gasteiger partial charge in [0, 0.05) is 24.5 Å². The lowest BCUT2D eigenvalue weighted by molar-refractivity contribution is 0.199. The molecule has 2 heterocycles. The molecule has 1 aromatic heterocycles. The van der Waals surface area contributed by atoms with E-state index >= 15 is 0 Å². The number of rotatable bonds is 3. The van der Waals surface area contributed by atoms with E-state index in [1.807, 2.05) is 0 Å². The fourth-order valence-corrected chi connectivity index (χ4v) is 2.78. The third-order valence-corrected chi connectivity index (χ3v) is 3.87. The van der Waals surface area contributed by atoms with Gasteiger partial charge in [-0.2, -0.15) is 0 Å². The lowest BCUT2D eigenvalue weighted by Crippen LogP contribution is -2.42. The number of piperidine rings is 1. The maximum Gasteiger partial charge on any atom is 0.0926 e. The monoisotopic (exact) mass is 261 g/mol. The van der Waals surface area contributed by atoms with Gasteiger partial charge in [0.05, 0.1) is 10.7 Å². The summed E-state index contributed by atoms with van der Waals surface area (Å²) >= 11 is 1.77. The highest BCUT2D eigenvalue weighted by atomic mass is 35.5. The number of halogens is 1. The third-order valence-electron chi connectivity index (χ3n) is 2.83. The second-order valence-corrected chi connectivity index (χ2v) is 5.17. The molecule has 0 radical (unpaired) electrons. The Morgan fingerprint density at radius 3 is 3.06 bits per heavy atom. The molecule has 0 bridgehead atoms. The summed E-state index contributed by atoms with van der Waals surface area (Å²) in [7, 11) is 0. The van der Waals surface area contributed by atoms with Crippen LogP contribution in [0.5, 0.6) is 0 Å². The van der Waals surface area contributed by atoms with Gasteiger partial charge in [-0.05, 0) is 25.8 Å². The largest absolute Gasteiger partial charge is 0.327 e. The number of thiazole rings is 1. The molecule has 16 heavy (non-hydrogen) atoms. The van der Waals surface area contributed by atoms with Crippen molar-refractivity contribution in [3.63, 3.8) is 0 Å². The number of nitrogens with zero attached hydrogens (tertiary/aromatic N) is 2. The molecule has 5 heteroatoms. The van der Waals surface area contributed by atoms with Crippen molar-refractivity contribution >= 4 is 23.7 Å². The number of aromatic nitrogens is 1. The van der Waals surface area contributed by atoms with E-state index < -0.39 is 0 Å². The highest BCUT2D eigenvalue weighted by molar-refractivity contribution is 7.09. The number of hydrogen-bond acceptors (Lipinski definition) is 4. The average Bonchev–Trinajstić information content (AvgIpc) is 2.65. The molecule has 0 aliphatic carbocycles. The first-order valence-electron chi connectivity index (χ1n) is 5.69. The highest BCUT2D eigenvalue weighted by Crippen LogP contribution is 2.15. The molecule has 0 amide bonds. The highest BCUT2D eigenvalue weighted by Gasteiger charge is 2.17. The van der Waals surface area contributed by atoms with Crippen molar-refractivity contribution < 1.29 is 0 Å². The van der Waals surface area contributed by atoms with Crippen molar-refractivity contribution in [3.05, 3.63) is 16.1 Å². The summed E-state index contributed by atoms with van der Waals surface area (Å²) < 4.78 is 0. The van der Waals surface area contributed by atoms with E-state index in [1.165, 1.54) is 30.1 Å².